The van der Waals surface area contributed by atoms with Crippen LogP contribution in [-0.4, -0.2) is 123 Å². The summed E-state index contributed by atoms with van der Waals surface area (Å²) < 4.78 is 62.1. The number of nitrogen functional groups attached to an aromatic ring is 1. The highest BCUT2D eigenvalue weighted by atomic mass is 32.2. The van der Waals surface area contributed by atoms with Crippen LogP contribution >= 0.6 is 35.2 Å². The van der Waals surface area contributed by atoms with Gasteiger partial charge in [-0.15, -0.1) is 0 Å². The predicted molar refractivity (Wildman–Crippen MR) is 200 cm³/mol. The molecule has 28 heteroatoms. The van der Waals surface area contributed by atoms with Crippen molar-refractivity contribution >= 4 is 69.1 Å². The standard InChI is InChI=1S/C29H48N7O17P3S/c1-4-5-6-7-8-9-20(38)57-13-12-31-19(37)10-11-32-27(41)24(40)29(2,3)15-50-56(47,48)53-55(45,46)49-14-18-23(52-54(42,43)44)22(39)28(51-18)36-17-35-21-25(30)33-16-34-26(21)36/h7-8,16-18,22-24,28,39-40H,4-6,9-15H2,1-3H3,(H,31,37)(H,32,41)(H,45,46)(H,47,48)(H2,30,33,34)(H2,42,43,44)/b8-7-/t18-,22-,23-,24+,28-/m1/s1. The van der Waals surface area contributed by atoms with E-state index in [1.54, 1.807) is 0 Å². The van der Waals surface area contributed by atoms with Gasteiger partial charge < -0.3 is 50.9 Å². The van der Waals surface area contributed by atoms with Gasteiger partial charge in [0.05, 0.1) is 19.5 Å². The van der Waals surface area contributed by atoms with Gasteiger partial charge in [-0.25, -0.2) is 28.6 Å². The van der Waals surface area contributed by atoms with Gasteiger partial charge in [0.25, 0.3) is 0 Å². The van der Waals surface area contributed by atoms with Crippen LogP contribution in [0.2, 0.25) is 0 Å². The van der Waals surface area contributed by atoms with Crippen molar-refractivity contribution in [1.82, 2.24) is 30.2 Å². The van der Waals surface area contributed by atoms with E-state index in [4.69, 9.17) is 19.5 Å². The first kappa shape index (κ1) is 48.7. The first-order valence-electron chi connectivity index (χ1n) is 17.3. The number of hydrogen-bond donors (Lipinski definition) is 9. The van der Waals surface area contributed by atoms with Crippen LogP contribution in [0.5, 0.6) is 0 Å². The highest BCUT2D eigenvalue weighted by molar-refractivity contribution is 8.13. The number of aliphatic hydroxyl groups excluding tert-OH is 2. The number of thioether (sulfide) groups is 1. The van der Waals surface area contributed by atoms with Crippen molar-refractivity contribution < 1.29 is 80.5 Å². The van der Waals surface area contributed by atoms with Crippen LogP contribution < -0.4 is 16.4 Å². The van der Waals surface area contributed by atoms with E-state index in [0.29, 0.717) is 12.2 Å². The van der Waals surface area contributed by atoms with Crippen molar-refractivity contribution in [3.63, 3.8) is 0 Å². The Bertz CT molecular complexity index is 1860. The molecular weight excluding hydrogens is 843 g/mol. The lowest BCUT2D eigenvalue weighted by atomic mass is 9.87. The molecule has 0 radical (unpaired) electrons. The lowest BCUT2D eigenvalue weighted by molar-refractivity contribution is -0.137. The van der Waals surface area contributed by atoms with Crippen molar-refractivity contribution in [2.75, 3.05) is 37.8 Å². The van der Waals surface area contributed by atoms with Gasteiger partial charge in [-0.2, -0.15) is 4.31 Å². The molecule has 1 aliphatic rings. The van der Waals surface area contributed by atoms with E-state index in [0.717, 1.165) is 48.2 Å². The molecule has 322 valence electrons. The Morgan fingerprint density at radius 1 is 1.07 bits per heavy atom. The number of nitrogens with zero attached hydrogens (tertiary/aromatic N) is 4. The molecule has 2 aromatic rings. The average Bonchev–Trinajstić information content (AvgIpc) is 3.68. The third-order valence-corrected chi connectivity index (χ3v) is 11.9. The number of allylic oxidation sites excluding steroid dienone is 2. The summed E-state index contributed by atoms with van der Waals surface area (Å²) in [7, 11) is -16.4. The number of phosphoric acid groups is 3. The number of anilines is 1. The number of rotatable bonds is 24. The normalized spacial score (nSPS) is 21.6. The topological polar surface area (TPSA) is 364 Å². The minimum atomic E-state index is -5.57. The second-order valence-corrected chi connectivity index (χ2v) is 18.5. The number of nitrogens with one attached hydrogen (secondary N) is 2. The number of fused-ring (bicyclic) bond motifs is 1. The molecule has 7 atom stereocenters. The van der Waals surface area contributed by atoms with Gasteiger partial charge in [0, 0.05) is 37.1 Å². The number of aliphatic hydroxyl groups is 2. The van der Waals surface area contributed by atoms with Crippen molar-refractivity contribution in [1.29, 1.82) is 0 Å². The molecule has 24 nitrogen and oxygen atoms in total. The fraction of sp³-hybridized carbons (Fsp3) is 0.655. The van der Waals surface area contributed by atoms with Crippen molar-refractivity contribution in [2.24, 2.45) is 5.41 Å². The van der Waals surface area contributed by atoms with Crippen LogP contribution in [0.1, 0.15) is 59.1 Å². The number of imidazole rings is 1. The zero-order valence-corrected chi connectivity index (χ0v) is 34.6. The maximum atomic E-state index is 12.7. The molecule has 1 aliphatic heterocycles. The van der Waals surface area contributed by atoms with Gasteiger partial charge in [0.2, 0.25) is 11.8 Å². The maximum Gasteiger partial charge on any atom is 0.481 e. The largest absolute Gasteiger partial charge is 0.481 e. The first-order valence-corrected chi connectivity index (χ1v) is 22.8. The molecule has 57 heavy (non-hydrogen) atoms. The van der Waals surface area contributed by atoms with E-state index in [1.807, 2.05) is 12.2 Å². The molecule has 10 N–H and O–H groups in total. The Morgan fingerprint density at radius 3 is 2.46 bits per heavy atom. The number of carbonyl (C=O) groups is 3. The number of carbonyl (C=O) groups excluding carboxylic acids is 3. The number of phosphoric ester groups is 3. The first-order chi connectivity index (χ1) is 26.6. The SMILES string of the molecule is CCCC/C=C\CC(=O)SCCNC(=O)CCNC(=O)[C@H](O)C(C)(C)COP(=O)(O)OP(=O)(O)OC[C@H]1O[C@@H](n2cnc3c(N)ncnc32)[C@H](O)[C@@H]1OP(=O)(O)O. The monoisotopic (exact) mass is 891 g/mol. The minimum Gasteiger partial charge on any atom is -0.386 e. The molecule has 0 aromatic carbocycles. The molecule has 3 heterocycles. The lowest BCUT2D eigenvalue weighted by Gasteiger charge is -2.30. The summed E-state index contributed by atoms with van der Waals surface area (Å²) in [5, 5.41) is 26.4. The highest BCUT2D eigenvalue weighted by Crippen LogP contribution is 2.61. The molecule has 0 spiro atoms. The van der Waals surface area contributed by atoms with Gasteiger partial charge in [0.15, 0.2) is 22.8 Å². The number of ether oxygens (including phenoxy) is 1. The zero-order valence-electron chi connectivity index (χ0n) is 31.1. The molecule has 0 aliphatic carbocycles. The highest BCUT2D eigenvalue weighted by Gasteiger charge is 2.50. The third kappa shape index (κ3) is 15.8. The minimum absolute atomic E-state index is 0.0311. The summed E-state index contributed by atoms with van der Waals surface area (Å²) in [4.78, 5) is 87.5. The summed E-state index contributed by atoms with van der Waals surface area (Å²) in [6.45, 7) is 2.59. The average molecular weight is 892 g/mol. The quantitative estimate of drug-likeness (QED) is 0.0400. The lowest BCUT2D eigenvalue weighted by Crippen LogP contribution is -2.46. The van der Waals surface area contributed by atoms with E-state index >= 15 is 0 Å². The second kappa shape index (κ2) is 21.5. The van der Waals surface area contributed by atoms with E-state index in [1.165, 1.54) is 13.8 Å². The van der Waals surface area contributed by atoms with Crippen molar-refractivity contribution in [3.05, 3.63) is 24.8 Å². The number of hydrogen-bond acceptors (Lipinski definition) is 18. The van der Waals surface area contributed by atoms with Crippen LogP contribution in [-0.2, 0) is 50.7 Å². The van der Waals surface area contributed by atoms with Gasteiger partial charge in [-0.05, 0) is 6.42 Å². The Kier molecular flexibility index (Phi) is 18.4. The molecule has 1 fully saturated rings. The summed E-state index contributed by atoms with van der Waals surface area (Å²) in [5.41, 5.74) is 4.27. The molecule has 1 saturated heterocycles. The Balaban J connectivity index is 1.46. The fourth-order valence-corrected chi connectivity index (χ4v) is 8.45. The summed E-state index contributed by atoms with van der Waals surface area (Å²) >= 11 is 1.08. The summed E-state index contributed by atoms with van der Waals surface area (Å²) in [6, 6.07) is 0. The van der Waals surface area contributed by atoms with Crippen LogP contribution in [0.15, 0.2) is 24.8 Å². The van der Waals surface area contributed by atoms with Gasteiger partial charge in [-0.1, -0.05) is 57.5 Å². The van der Waals surface area contributed by atoms with E-state index in [9.17, 15) is 57.9 Å². The Morgan fingerprint density at radius 2 is 1.77 bits per heavy atom. The number of aromatic nitrogens is 4. The molecule has 2 unspecified atom stereocenters. The number of amides is 2. The molecule has 2 amide bonds. The summed E-state index contributed by atoms with van der Waals surface area (Å²) in [6.07, 6.45) is 0.204. The maximum absolute atomic E-state index is 12.7. The van der Waals surface area contributed by atoms with Crippen LogP contribution in [0, 0.1) is 5.41 Å². The zero-order chi connectivity index (χ0) is 42.6. The molecular formula is C29H48N7O17P3S. The number of unbranched alkanes of at least 4 members (excludes halogenated alkanes) is 2. The van der Waals surface area contributed by atoms with Gasteiger partial charge in [0.1, 0.15) is 36.3 Å². The molecule has 2 aromatic heterocycles. The fourth-order valence-electron chi connectivity index (χ4n) is 4.97. The molecule has 3 rings (SSSR count). The van der Waals surface area contributed by atoms with E-state index < -0.39 is 84.6 Å². The van der Waals surface area contributed by atoms with Gasteiger partial charge >= 0.3 is 23.5 Å². The van der Waals surface area contributed by atoms with Crippen LogP contribution in [0.3, 0.4) is 0 Å². The second-order valence-electron chi connectivity index (χ2n) is 13.1. The summed E-state index contributed by atoms with van der Waals surface area (Å²) in [5.74, 6) is -1.09. The molecule has 0 saturated carbocycles. The van der Waals surface area contributed by atoms with Crippen molar-refractivity contribution in [2.45, 2.75) is 83.5 Å². The number of nitrogens with two attached hydrogens (primary N) is 1. The van der Waals surface area contributed by atoms with Crippen LogP contribution in [0.25, 0.3) is 11.2 Å². The van der Waals surface area contributed by atoms with Crippen LogP contribution in [0.4, 0.5) is 5.82 Å². The molecule has 0 bridgehead atoms. The van der Waals surface area contributed by atoms with Gasteiger partial charge in [-0.3, -0.25) is 32.5 Å². The smallest absolute Gasteiger partial charge is 0.386 e. The third-order valence-electron chi connectivity index (χ3n) is 7.94. The Hall–Kier alpha value is -2.70. The van der Waals surface area contributed by atoms with E-state index in [-0.39, 0.29) is 41.6 Å². The van der Waals surface area contributed by atoms with Crippen molar-refractivity contribution in [3.8, 4) is 0 Å². The predicted octanol–water partition coefficient (Wildman–Crippen LogP) is 0.801. The van der Waals surface area contributed by atoms with E-state index in [2.05, 4.69) is 41.3 Å². The Labute approximate surface area is 330 Å².